The molecule has 112 valence electrons. The molecule has 0 aliphatic rings. The van der Waals surface area contributed by atoms with Gasteiger partial charge in [0.2, 0.25) is 0 Å². The van der Waals surface area contributed by atoms with Gasteiger partial charge in [0.25, 0.3) is 0 Å². The van der Waals surface area contributed by atoms with Crippen LogP contribution in [0.2, 0.25) is 0 Å². The van der Waals surface area contributed by atoms with Crippen LogP contribution in [0.4, 0.5) is 4.39 Å². The van der Waals surface area contributed by atoms with Gasteiger partial charge in [-0.3, -0.25) is 4.79 Å². The van der Waals surface area contributed by atoms with Crippen molar-refractivity contribution < 1.29 is 19.0 Å². The number of carbonyl (C=O) groups is 1. The Labute approximate surface area is 124 Å². The van der Waals surface area contributed by atoms with Crippen LogP contribution in [0, 0.1) is 17.7 Å². The molecule has 0 bridgehead atoms. The number of allylic oxidation sites excluding steroid dienone is 1. The van der Waals surface area contributed by atoms with E-state index in [0.29, 0.717) is 12.4 Å². The summed E-state index contributed by atoms with van der Waals surface area (Å²) in [7, 11) is 0. The van der Waals surface area contributed by atoms with Gasteiger partial charge in [0, 0.05) is 11.6 Å². The van der Waals surface area contributed by atoms with Crippen LogP contribution in [0.15, 0.2) is 29.8 Å². The maximum atomic E-state index is 14.1. The van der Waals surface area contributed by atoms with Crippen LogP contribution in [-0.4, -0.2) is 17.7 Å². The Hall–Kier alpha value is -2.28. The minimum atomic E-state index is -1.01. The number of carboxylic acids is 1. The maximum absolute atomic E-state index is 14.1. The van der Waals surface area contributed by atoms with Crippen LogP contribution in [0.1, 0.15) is 38.7 Å². The minimum Gasteiger partial charge on any atom is -0.489 e. The van der Waals surface area contributed by atoms with E-state index in [1.165, 1.54) is 12.1 Å². The van der Waals surface area contributed by atoms with E-state index in [2.05, 4.69) is 11.8 Å². The predicted octanol–water partition coefficient (Wildman–Crippen LogP) is 3.75. The van der Waals surface area contributed by atoms with Gasteiger partial charge in [0.1, 0.15) is 18.2 Å². The molecule has 1 aromatic rings. The molecular formula is C17H19FO3. The van der Waals surface area contributed by atoms with Gasteiger partial charge in [-0.1, -0.05) is 17.6 Å². The Morgan fingerprint density at radius 2 is 2.19 bits per heavy atom. The second-order valence-electron chi connectivity index (χ2n) is 4.82. The van der Waals surface area contributed by atoms with Crippen molar-refractivity contribution in [1.29, 1.82) is 0 Å². The SMILES string of the molecule is CC#CC(CC(=O)O)c1ccc(OCC=C(C)C)cc1F. The molecule has 1 aromatic carbocycles. The number of hydrogen-bond donors (Lipinski definition) is 1. The van der Waals surface area contributed by atoms with Gasteiger partial charge in [-0.25, -0.2) is 4.39 Å². The largest absolute Gasteiger partial charge is 0.489 e. The molecule has 0 saturated carbocycles. The fourth-order valence-corrected chi connectivity index (χ4v) is 1.77. The summed E-state index contributed by atoms with van der Waals surface area (Å²) in [6.07, 6.45) is 1.66. The minimum absolute atomic E-state index is 0.226. The Morgan fingerprint density at radius 1 is 1.48 bits per heavy atom. The topological polar surface area (TPSA) is 46.5 Å². The van der Waals surface area contributed by atoms with Crippen LogP contribution in [0.25, 0.3) is 0 Å². The van der Waals surface area contributed by atoms with E-state index < -0.39 is 17.7 Å². The van der Waals surface area contributed by atoms with Crippen LogP contribution >= 0.6 is 0 Å². The molecule has 1 atom stereocenters. The van der Waals surface area contributed by atoms with E-state index in [0.717, 1.165) is 5.57 Å². The molecule has 0 spiro atoms. The maximum Gasteiger partial charge on any atom is 0.304 e. The molecule has 0 aliphatic carbocycles. The van der Waals surface area contributed by atoms with Gasteiger partial charge >= 0.3 is 5.97 Å². The monoisotopic (exact) mass is 290 g/mol. The van der Waals surface area contributed by atoms with Crippen molar-refractivity contribution in [2.75, 3.05) is 6.61 Å². The van der Waals surface area contributed by atoms with E-state index in [1.807, 2.05) is 19.9 Å². The normalized spacial score (nSPS) is 11.0. The molecule has 0 aliphatic heterocycles. The van der Waals surface area contributed by atoms with Crippen LogP contribution in [0.5, 0.6) is 5.75 Å². The lowest BCUT2D eigenvalue weighted by atomic mass is 9.95. The molecule has 0 amide bonds. The summed E-state index contributed by atoms with van der Waals surface area (Å²) >= 11 is 0. The third-order valence-corrected chi connectivity index (χ3v) is 2.79. The number of hydrogen-bond acceptors (Lipinski definition) is 2. The highest BCUT2D eigenvalue weighted by molar-refractivity contribution is 5.69. The van der Waals surface area contributed by atoms with Crippen molar-refractivity contribution in [2.24, 2.45) is 0 Å². The summed E-state index contributed by atoms with van der Waals surface area (Å²) in [5.41, 5.74) is 1.40. The first-order valence-corrected chi connectivity index (χ1v) is 6.63. The summed E-state index contributed by atoms with van der Waals surface area (Å²) < 4.78 is 19.5. The first-order chi connectivity index (χ1) is 9.93. The Balaban J connectivity index is 2.91. The zero-order valence-electron chi connectivity index (χ0n) is 12.4. The molecule has 0 aromatic heterocycles. The van der Waals surface area contributed by atoms with Gasteiger partial charge in [0.15, 0.2) is 0 Å². The Bertz CT molecular complexity index is 590. The first-order valence-electron chi connectivity index (χ1n) is 6.63. The van der Waals surface area contributed by atoms with E-state index in [4.69, 9.17) is 9.84 Å². The van der Waals surface area contributed by atoms with Gasteiger partial charge in [-0.2, -0.15) is 0 Å². The quantitative estimate of drug-likeness (QED) is 0.641. The number of halogens is 1. The molecule has 0 saturated heterocycles. The van der Waals surface area contributed by atoms with E-state index in [-0.39, 0.29) is 12.0 Å². The third-order valence-electron chi connectivity index (χ3n) is 2.79. The number of aliphatic carboxylic acids is 1. The molecular weight excluding hydrogens is 271 g/mol. The van der Waals surface area contributed by atoms with Crippen molar-refractivity contribution in [3.8, 4) is 17.6 Å². The molecule has 3 nitrogen and oxygen atoms in total. The second-order valence-corrected chi connectivity index (χ2v) is 4.82. The zero-order valence-corrected chi connectivity index (χ0v) is 12.4. The van der Waals surface area contributed by atoms with E-state index in [9.17, 15) is 9.18 Å². The number of carboxylic acid groups (broad SMARTS) is 1. The van der Waals surface area contributed by atoms with E-state index in [1.54, 1.807) is 13.0 Å². The van der Waals surface area contributed by atoms with Gasteiger partial charge in [0.05, 0.1) is 12.3 Å². The van der Waals surface area contributed by atoms with Gasteiger partial charge in [-0.15, -0.1) is 5.92 Å². The predicted molar refractivity (Wildman–Crippen MR) is 79.8 cm³/mol. The highest BCUT2D eigenvalue weighted by atomic mass is 19.1. The fraction of sp³-hybridized carbons (Fsp3) is 0.353. The standard InChI is InChI=1S/C17H19FO3/c1-4-5-13(10-17(19)20)15-7-6-14(11-16(15)18)21-9-8-12(2)3/h6-8,11,13H,9-10H2,1-3H3,(H,19,20). The number of ether oxygens (including phenoxy) is 1. The lowest BCUT2D eigenvalue weighted by Gasteiger charge is -2.11. The summed E-state index contributed by atoms with van der Waals surface area (Å²) in [6, 6.07) is 4.43. The fourth-order valence-electron chi connectivity index (χ4n) is 1.77. The Kier molecular flexibility index (Phi) is 6.48. The summed E-state index contributed by atoms with van der Waals surface area (Å²) in [6.45, 7) is 5.87. The van der Waals surface area contributed by atoms with Crippen molar-refractivity contribution >= 4 is 5.97 Å². The molecule has 1 N–H and O–H groups in total. The van der Waals surface area contributed by atoms with Crippen molar-refractivity contribution in [2.45, 2.75) is 33.1 Å². The van der Waals surface area contributed by atoms with Gasteiger partial charge < -0.3 is 9.84 Å². The highest BCUT2D eigenvalue weighted by Gasteiger charge is 2.17. The van der Waals surface area contributed by atoms with Crippen LogP contribution in [0.3, 0.4) is 0 Å². The zero-order chi connectivity index (χ0) is 15.8. The highest BCUT2D eigenvalue weighted by Crippen LogP contribution is 2.25. The summed E-state index contributed by atoms with van der Waals surface area (Å²) in [4.78, 5) is 10.8. The van der Waals surface area contributed by atoms with Crippen molar-refractivity contribution in [1.82, 2.24) is 0 Å². The molecule has 0 fully saturated rings. The van der Waals surface area contributed by atoms with Gasteiger partial charge in [-0.05, 0) is 32.9 Å². The smallest absolute Gasteiger partial charge is 0.304 e. The molecule has 0 radical (unpaired) electrons. The van der Waals surface area contributed by atoms with E-state index >= 15 is 0 Å². The number of rotatable bonds is 6. The average molecular weight is 290 g/mol. The van der Waals surface area contributed by atoms with Crippen LogP contribution < -0.4 is 4.74 Å². The second kappa shape index (κ2) is 8.11. The Morgan fingerprint density at radius 3 is 2.71 bits per heavy atom. The molecule has 21 heavy (non-hydrogen) atoms. The molecule has 0 heterocycles. The number of benzene rings is 1. The molecule has 1 rings (SSSR count). The lowest BCUT2D eigenvalue weighted by Crippen LogP contribution is -2.07. The molecule has 4 heteroatoms. The summed E-state index contributed by atoms with van der Waals surface area (Å²) in [5.74, 6) is 3.62. The average Bonchev–Trinajstić information content (AvgIpc) is 2.37. The molecule has 1 unspecified atom stereocenters. The lowest BCUT2D eigenvalue weighted by molar-refractivity contribution is -0.137. The third kappa shape index (κ3) is 5.70. The first kappa shape index (κ1) is 16.8. The van der Waals surface area contributed by atoms with Crippen molar-refractivity contribution in [3.63, 3.8) is 0 Å². The van der Waals surface area contributed by atoms with Crippen molar-refractivity contribution in [3.05, 3.63) is 41.2 Å². The summed E-state index contributed by atoms with van der Waals surface area (Å²) in [5, 5.41) is 8.86. The van der Waals surface area contributed by atoms with Crippen LogP contribution in [-0.2, 0) is 4.79 Å².